The highest BCUT2D eigenvalue weighted by atomic mass is 32.1. The Balaban J connectivity index is 1.29. The smallest absolute Gasteiger partial charge is 0.263 e. The maximum Gasteiger partial charge on any atom is 0.263 e. The van der Waals surface area contributed by atoms with Crippen LogP contribution in [0.4, 0.5) is 4.39 Å². The molecule has 1 amide bonds. The molecule has 1 saturated heterocycles. The van der Waals surface area contributed by atoms with Crippen LogP contribution in [0.5, 0.6) is 0 Å². The van der Waals surface area contributed by atoms with Crippen LogP contribution in [0.3, 0.4) is 0 Å². The van der Waals surface area contributed by atoms with Crippen molar-refractivity contribution in [2.24, 2.45) is 0 Å². The Morgan fingerprint density at radius 3 is 2.89 bits per heavy atom. The molecular weight excluding hydrogens is 365 g/mol. The first-order valence-electron chi connectivity index (χ1n) is 9.30. The van der Waals surface area contributed by atoms with Gasteiger partial charge in [0.1, 0.15) is 17.5 Å². The number of hydrogen-bond donors (Lipinski definition) is 1. The first kappa shape index (κ1) is 16.8. The number of likely N-dealkylation sites (tertiary alicyclic amines) is 1. The van der Waals surface area contributed by atoms with Crippen LogP contribution in [0.1, 0.15) is 40.1 Å². The van der Waals surface area contributed by atoms with E-state index in [1.54, 1.807) is 12.1 Å². The van der Waals surface area contributed by atoms with Gasteiger partial charge >= 0.3 is 0 Å². The van der Waals surface area contributed by atoms with Crippen molar-refractivity contribution in [2.45, 2.75) is 31.8 Å². The topological polar surface area (TPSA) is 63.1 Å². The molecule has 5 rings (SSSR count). The van der Waals surface area contributed by atoms with E-state index in [1.165, 1.54) is 23.5 Å². The molecule has 1 fully saturated rings. The molecule has 2 aliphatic rings. The summed E-state index contributed by atoms with van der Waals surface area (Å²) in [4.78, 5) is 15.5. The zero-order valence-corrected chi connectivity index (χ0v) is 15.6. The van der Waals surface area contributed by atoms with Crippen molar-refractivity contribution in [3.8, 4) is 0 Å². The summed E-state index contributed by atoms with van der Waals surface area (Å²) < 4.78 is 16.6. The van der Waals surface area contributed by atoms with Gasteiger partial charge in [-0.15, -0.1) is 21.5 Å². The van der Waals surface area contributed by atoms with Crippen LogP contribution in [0, 0.1) is 5.82 Å². The van der Waals surface area contributed by atoms with Crippen molar-refractivity contribution in [3.05, 3.63) is 46.6 Å². The van der Waals surface area contributed by atoms with Gasteiger partial charge in [0.15, 0.2) is 0 Å². The number of carbonyl (C=O) groups is 1. The van der Waals surface area contributed by atoms with Crippen molar-refractivity contribution in [2.75, 3.05) is 19.6 Å². The molecule has 0 bridgehead atoms. The molecule has 140 valence electrons. The summed E-state index contributed by atoms with van der Waals surface area (Å²) in [6, 6.07) is 6.46. The summed E-state index contributed by atoms with van der Waals surface area (Å²) in [5, 5.41) is 12.8. The highest BCUT2D eigenvalue weighted by molar-refractivity contribution is 7.20. The van der Waals surface area contributed by atoms with Gasteiger partial charge in [-0.3, -0.25) is 4.79 Å². The maximum absolute atomic E-state index is 13.4. The van der Waals surface area contributed by atoms with Gasteiger partial charge < -0.3 is 14.8 Å². The number of carbonyl (C=O) groups excluding carboxylic acids is 1. The van der Waals surface area contributed by atoms with Crippen LogP contribution in [0.15, 0.2) is 24.3 Å². The number of aromatic nitrogens is 3. The molecule has 4 heterocycles. The zero-order valence-electron chi connectivity index (χ0n) is 14.8. The molecule has 0 radical (unpaired) electrons. The number of nitrogens with one attached hydrogen (secondary N) is 1. The van der Waals surface area contributed by atoms with Crippen LogP contribution in [-0.4, -0.2) is 45.2 Å². The predicted octanol–water partition coefficient (Wildman–Crippen LogP) is 2.75. The molecule has 0 atom stereocenters. The number of hydrogen-bond acceptors (Lipinski definition) is 5. The van der Waals surface area contributed by atoms with Crippen molar-refractivity contribution in [1.29, 1.82) is 0 Å². The Morgan fingerprint density at radius 1 is 1.19 bits per heavy atom. The van der Waals surface area contributed by atoms with Crippen molar-refractivity contribution < 1.29 is 9.18 Å². The van der Waals surface area contributed by atoms with Crippen LogP contribution in [0.2, 0.25) is 0 Å². The van der Waals surface area contributed by atoms with Crippen molar-refractivity contribution in [3.63, 3.8) is 0 Å². The van der Waals surface area contributed by atoms with E-state index in [0.29, 0.717) is 23.9 Å². The normalized spacial score (nSPS) is 18.0. The molecule has 6 nitrogen and oxygen atoms in total. The van der Waals surface area contributed by atoms with Gasteiger partial charge in [0.2, 0.25) is 0 Å². The zero-order chi connectivity index (χ0) is 18.4. The van der Waals surface area contributed by atoms with E-state index in [4.69, 9.17) is 0 Å². The van der Waals surface area contributed by atoms with Crippen LogP contribution < -0.4 is 5.32 Å². The average molecular weight is 385 g/mol. The third kappa shape index (κ3) is 3.02. The summed E-state index contributed by atoms with van der Waals surface area (Å²) in [5.74, 6) is 2.20. The van der Waals surface area contributed by atoms with Gasteiger partial charge in [0, 0.05) is 36.8 Å². The van der Waals surface area contributed by atoms with E-state index in [9.17, 15) is 9.18 Å². The fourth-order valence-electron chi connectivity index (χ4n) is 4.03. The highest BCUT2D eigenvalue weighted by Crippen LogP contribution is 2.31. The second-order valence-electron chi connectivity index (χ2n) is 7.16. The van der Waals surface area contributed by atoms with E-state index in [2.05, 4.69) is 20.1 Å². The molecule has 1 N–H and O–H groups in total. The Morgan fingerprint density at radius 2 is 2.04 bits per heavy atom. The monoisotopic (exact) mass is 385 g/mol. The molecule has 0 spiro atoms. The standard InChI is InChI=1S/C19H20FN5OS/c20-14-1-2-15-13(9-14)10-16(27-15)19(26)24-6-3-12(4-7-24)18-23-22-17-11-21-5-8-25(17)18/h1-2,9-10,12,21H,3-8,11H2. The van der Waals surface area contributed by atoms with Gasteiger partial charge in [0.25, 0.3) is 5.91 Å². The number of fused-ring (bicyclic) bond motifs is 2. The highest BCUT2D eigenvalue weighted by Gasteiger charge is 2.29. The van der Waals surface area contributed by atoms with Crippen LogP contribution >= 0.6 is 11.3 Å². The van der Waals surface area contributed by atoms with Crippen LogP contribution in [-0.2, 0) is 13.1 Å². The number of halogens is 1. The third-order valence-corrected chi connectivity index (χ3v) is 6.59. The summed E-state index contributed by atoms with van der Waals surface area (Å²) in [7, 11) is 0. The lowest BCUT2D eigenvalue weighted by Crippen LogP contribution is -2.38. The van der Waals surface area contributed by atoms with Gasteiger partial charge in [-0.25, -0.2) is 4.39 Å². The number of rotatable bonds is 2. The SMILES string of the molecule is O=C(c1cc2cc(F)ccc2s1)N1CCC(c2nnc3n2CCNC3)CC1. The van der Waals surface area contributed by atoms with Crippen LogP contribution in [0.25, 0.3) is 10.1 Å². The van der Waals surface area contributed by atoms with E-state index in [-0.39, 0.29) is 11.7 Å². The van der Waals surface area contributed by atoms with Crippen molar-refractivity contribution >= 4 is 27.3 Å². The molecular formula is C19H20FN5OS. The first-order valence-corrected chi connectivity index (χ1v) is 10.1. The Bertz CT molecular complexity index is 1000. The molecule has 0 unspecified atom stereocenters. The van der Waals surface area contributed by atoms with Gasteiger partial charge in [-0.2, -0.15) is 0 Å². The number of benzene rings is 1. The van der Waals surface area contributed by atoms with E-state index < -0.39 is 0 Å². The van der Waals surface area contributed by atoms with E-state index >= 15 is 0 Å². The molecule has 2 aliphatic heterocycles. The Hall–Kier alpha value is -2.32. The third-order valence-electron chi connectivity index (χ3n) is 5.49. The average Bonchev–Trinajstić information content (AvgIpc) is 3.31. The fraction of sp³-hybridized carbons (Fsp3) is 0.421. The summed E-state index contributed by atoms with van der Waals surface area (Å²) in [6.45, 7) is 4.06. The molecule has 27 heavy (non-hydrogen) atoms. The second-order valence-corrected chi connectivity index (χ2v) is 8.25. The molecule has 8 heteroatoms. The molecule has 2 aromatic heterocycles. The summed E-state index contributed by atoms with van der Waals surface area (Å²) >= 11 is 1.43. The molecule has 3 aromatic rings. The van der Waals surface area contributed by atoms with E-state index in [0.717, 1.165) is 54.2 Å². The van der Waals surface area contributed by atoms with Gasteiger partial charge in [-0.05, 0) is 42.5 Å². The first-order chi connectivity index (χ1) is 13.2. The minimum atomic E-state index is -0.271. The Labute approximate surface area is 160 Å². The largest absolute Gasteiger partial charge is 0.338 e. The fourth-order valence-corrected chi connectivity index (χ4v) is 5.04. The van der Waals surface area contributed by atoms with E-state index in [1.807, 2.05) is 4.90 Å². The minimum absolute atomic E-state index is 0.0440. The van der Waals surface area contributed by atoms with Gasteiger partial charge in [-0.1, -0.05) is 0 Å². The van der Waals surface area contributed by atoms with Crippen molar-refractivity contribution in [1.82, 2.24) is 25.0 Å². The number of nitrogens with zero attached hydrogens (tertiary/aromatic N) is 4. The number of thiophene rings is 1. The number of amides is 1. The summed E-state index contributed by atoms with van der Waals surface area (Å²) in [5.41, 5.74) is 0. The second kappa shape index (κ2) is 6.69. The number of piperidine rings is 1. The van der Waals surface area contributed by atoms with Gasteiger partial charge in [0.05, 0.1) is 11.4 Å². The molecule has 1 aromatic carbocycles. The predicted molar refractivity (Wildman–Crippen MR) is 101 cm³/mol. The summed E-state index contributed by atoms with van der Waals surface area (Å²) in [6.07, 6.45) is 1.80. The quantitative estimate of drug-likeness (QED) is 0.737. The maximum atomic E-state index is 13.4. The lowest BCUT2D eigenvalue weighted by molar-refractivity contribution is 0.0715. The lowest BCUT2D eigenvalue weighted by Gasteiger charge is -2.31. The minimum Gasteiger partial charge on any atom is -0.338 e. The molecule has 0 saturated carbocycles. The Kier molecular flexibility index (Phi) is 4.17. The molecule has 0 aliphatic carbocycles. The lowest BCUT2D eigenvalue weighted by atomic mass is 9.95.